The lowest BCUT2D eigenvalue weighted by Gasteiger charge is -2.13. The fourth-order valence-corrected chi connectivity index (χ4v) is 2.01. The molecule has 1 heterocycles. The maximum Gasteiger partial charge on any atom is 0.164 e. The first kappa shape index (κ1) is 11.3. The molecule has 0 aliphatic carbocycles. The largest absolute Gasteiger partial charge is 0.490 e. The molecule has 1 aromatic carbocycles. The molecule has 1 unspecified atom stereocenters. The second-order valence-corrected chi connectivity index (χ2v) is 4.47. The van der Waals surface area contributed by atoms with E-state index in [9.17, 15) is 0 Å². The van der Waals surface area contributed by atoms with Crippen LogP contribution in [0.4, 0.5) is 0 Å². The Morgan fingerprint density at radius 3 is 2.81 bits per heavy atom. The van der Waals surface area contributed by atoms with Gasteiger partial charge in [-0.3, -0.25) is 0 Å². The van der Waals surface area contributed by atoms with Crippen molar-refractivity contribution in [3.05, 3.63) is 23.3 Å². The second kappa shape index (κ2) is 4.74. The standard InChI is InChI=1S/C13H19NO2/c1-9-6-11(7-10(2)14)8-12-13(9)16-5-3-4-15-12/h6,8,10H,3-5,7,14H2,1-2H3. The van der Waals surface area contributed by atoms with Crippen molar-refractivity contribution in [2.45, 2.75) is 32.7 Å². The number of fused-ring (bicyclic) bond motifs is 1. The average molecular weight is 221 g/mol. The molecule has 1 aliphatic heterocycles. The zero-order valence-electron chi connectivity index (χ0n) is 9.95. The number of benzene rings is 1. The zero-order valence-corrected chi connectivity index (χ0v) is 9.95. The van der Waals surface area contributed by atoms with Crippen LogP contribution < -0.4 is 15.2 Å². The van der Waals surface area contributed by atoms with E-state index in [4.69, 9.17) is 15.2 Å². The van der Waals surface area contributed by atoms with E-state index in [1.165, 1.54) is 5.56 Å². The van der Waals surface area contributed by atoms with Crippen LogP contribution in [-0.4, -0.2) is 19.3 Å². The Morgan fingerprint density at radius 1 is 1.31 bits per heavy atom. The lowest BCUT2D eigenvalue weighted by atomic mass is 10.0. The van der Waals surface area contributed by atoms with Crippen LogP contribution >= 0.6 is 0 Å². The molecule has 0 saturated heterocycles. The lowest BCUT2D eigenvalue weighted by molar-refractivity contribution is 0.296. The van der Waals surface area contributed by atoms with Gasteiger partial charge in [-0.15, -0.1) is 0 Å². The molecular formula is C13H19NO2. The Balaban J connectivity index is 2.32. The highest BCUT2D eigenvalue weighted by molar-refractivity contribution is 5.49. The molecule has 3 heteroatoms. The van der Waals surface area contributed by atoms with Gasteiger partial charge >= 0.3 is 0 Å². The molecule has 2 N–H and O–H groups in total. The molecule has 16 heavy (non-hydrogen) atoms. The number of hydrogen-bond acceptors (Lipinski definition) is 3. The maximum atomic E-state index is 5.81. The molecule has 0 saturated carbocycles. The summed E-state index contributed by atoms with van der Waals surface area (Å²) in [5.41, 5.74) is 8.16. The van der Waals surface area contributed by atoms with E-state index < -0.39 is 0 Å². The number of aryl methyl sites for hydroxylation is 1. The van der Waals surface area contributed by atoms with Gasteiger partial charge in [-0.25, -0.2) is 0 Å². The van der Waals surface area contributed by atoms with Gasteiger partial charge in [0.05, 0.1) is 13.2 Å². The molecule has 0 bridgehead atoms. The third kappa shape index (κ3) is 2.47. The first-order valence-electron chi connectivity index (χ1n) is 5.81. The summed E-state index contributed by atoms with van der Waals surface area (Å²) in [6.07, 6.45) is 1.81. The molecule has 2 rings (SSSR count). The molecule has 1 atom stereocenters. The molecule has 1 aromatic rings. The van der Waals surface area contributed by atoms with E-state index in [0.29, 0.717) is 0 Å². The minimum atomic E-state index is 0.171. The van der Waals surface area contributed by atoms with E-state index in [-0.39, 0.29) is 6.04 Å². The Bertz CT molecular complexity index is 374. The summed E-state index contributed by atoms with van der Waals surface area (Å²) in [7, 11) is 0. The van der Waals surface area contributed by atoms with Gasteiger partial charge in [0.2, 0.25) is 0 Å². The first-order chi connectivity index (χ1) is 7.66. The van der Waals surface area contributed by atoms with Crippen LogP contribution in [0.1, 0.15) is 24.5 Å². The molecule has 3 nitrogen and oxygen atoms in total. The molecule has 0 radical (unpaired) electrons. The van der Waals surface area contributed by atoms with Crippen LogP contribution in [0.2, 0.25) is 0 Å². The quantitative estimate of drug-likeness (QED) is 0.831. The fraction of sp³-hybridized carbons (Fsp3) is 0.538. The topological polar surface area (TPSA) is 44.5 Å². The van der Waals surface area contributed by atoms with Crippen LogP contribution in [0, 0.1) is 6.92 Å². The van der Waals surface area contributed by atoms with Crippen molar-refractivity contribution in [1.29, 1.82) is 0 Å². The maximum absolute atomic E-state index is 5.81. The van der Waals surface area contributed by atoms with Crippen LogP contribution in [0.25, 0.3) is 0 Å². The predicted octanol–water partition coefficient (Wildman–Crippen LogP) is 2.05. The molecule has 0 fully saturated rings. The van der Waals surface area contributed by atoms with Crippen LogP contribution in [0.15, 0.2) is 12.1 Å². The summed E-state index contributed by atoms with van der Waals surface area (Å²) in [5, 5.41) is 0. The summed E-state index contributed by atoms with van der Waals surface area (Å²) in [6, 6.07) is 4.36. The van der Waals surface area contributed by atoms with Crippen molar-refractivity contribution in [3.8, 4) is 11.5 Å². The molecule has 0 amide bonds. The highest BCUT2D eigenvalue weighted by Crippen LogP contribution is 2.34. The minimum absolute atomic E-state index is 0.171. The van der Waals surface area contributed by atoms with Gasteiger partial charge in [0.1, 0.15) is 0 Å². The van der Waals surface area contributed by atoms with Gasteiger partial charge in [-0.2, -0.15) is 0 Å². The zero-order chi connectivity index (χ0) is 11.5. The third-order valence-corrected chi connectivity index (χ3v) is 2.65. The van der Waals surface area contributed by atoms with E-state index in [2.05, 4.69) is 19.1 Å². The number of nitrogens with two attached hydrogens (primary N) is 1. The Hall–Kier alpha value is -1.22. The van der Waals surface area contributed by atoms with Crippen molar-refractivity contribution in [1.82, 2.24) is 0 Å². The molecule has 1 aliphatic rings. The Labute approximate surface area is 96.5 Å². The monoisotopic (exact) mass is 221 g/mol. The SMILES string of the molecule is Cc1cc(CC(C)N)cc2c1OCCCO2. The average Bonchev–Trinajstić information content (AvgIpc) is 2.41. The number of rotatable bonds is 2. The Morgan fingerprint density at radius 2 is 2.06 bits per heavy atom. The predicted molar refractivity (Wildman–Crippen MR) is 64.1 cm³/mol. The van der Waals surface area contributed by atoms with E-state index in [0.717, 1.165) is 43.1 Å². The number of ether oxygens (including phenoxy) is 2. The van der Waals surface area contributed by atoms with Crippen molar-refractivity contribution in [2.75, 3.05) is 13.2 Å². The summed E-state index contributed by atoms with van der Waals surface area (Å²) in [5.74, 6) is 1.76. The molecule has 0 spiro atoms. The fourth-order valence-electron chi connectivity index (χ4n) is 2.01. The smallest absolute Gasteiger partial charge is 0.164 e. The van der Waals surface area contributed by atoms with Gasteiger partial charge in [-0.05, 0) is 37.5 Å². The van der Waals surface area contributed by atoms with E-state index >= 15 is 0 Å². The third-order valence-electron chi connectivity index (χ3n) is 2.65. The highest BCUT2D eigenvalue weighted by atomic mass is 16.5. The summed E-state index contributed by atoms with van der Waals surface area (Å²) in [6.45, 7) is 5.53. The van der Waals surface area contributed by atoms with Crippen molar-refractivity contribution in [3.63, 3.8) is 0 Å². The second-order valence-electron chi connectivity index (χ2n) is 4.47. The van der Waals surface area contributed by atoms with Crippen molar-refractivity contribution in [2.24, 2.45) is 5.73 Å². The van der Waals surface area contributed by atoms with Gasteiger partial charge in [-0.1, -0.05) is 6.07 Å². The van der Waals surface area contributed by atoms with Crippen molar-refractivity contribution >= 4 is 0 Å². The molecule has 88 valence electrons. The first-order valence-corrected chi connectivity index (χ1v) is 5.81. The lowest BCUT2D eigenvalue weighted by Crippen LogP contribution is -2.17. The van der Waals surface area contributed by atoms with Gasteiger partial charge in [0, 0.05) is 12.5 Å². The summed E-state index contributed by atoms with van der Waals surface area (Å²) in [4.78, 5) is 0. The van der Waals surface area contributed by atoms with Crippen molar-refractivity contribution < 1.29 is 9.47 Å². The van der Waals surface area contributed by atoms with E-state index in [1.54, 1.807) is 0 Å². The Kier molecular flexibility index (Phi) is 3.34. The van der Waals surface area contributed by atoms with Crippen LogP contribution in [0.3, 0.4) is 0 Å². The van der Waals surface area contributed by atoms with Gasteiger partial charge < -0.3 is 15.2 Å². The minimum Gasteiger partial charge on any atom is -0.490 e. The van der Waals surface area contributed by atoms with Crippen LogP contribution in [0.5, 0.6) is 11.5 Å². The molecular weight excluding hydrogens is 202 g/mol. The summed E-state index contributed by atoms with van der Waals surface area (Å²) < 4.78 is 11.4. The van der Waals surface area contributed by atoms with E-state index in [1.807, 2.05) is 6.92 Å². The van der Waals surface area contributed by atoms with Crippen LogP contribution in [-0.2, 0) is 6.42 Å². The number of hydrogen-bond donors (Lipinski definition) is 1. The van der Waals surface area contributed by atoms with Gasteiger partial charge in [0.15, 0.2) is 11.5 Å². The highest BCUT2D eigenvalue weighted by Gasteiger charge is 2.14. The van der Waals surface area contributed by atoms with Gasteiger partial charge in [0.25, 0.3) is 0 Å². The molecule has 0 aromatic heterocycles. The normalized spacial score (nSPS) is 16.7. The summed E-state index contributed by atoms with van der Waals surface area (Å²) >= 11 is 0.